The molecule has 34 heavy (non-hydrogen) atoms. The van der Waals surface area contributed by atoms with Crippen LogP contribution < -0.4 is 9.50 Å². The minimum absolute atomic E-state index is 0.176. The van der Waals surface area contributed by atoms with Gasteiger partial charge in [0.1, 0.15) is 11.6 Å². The van der Waals surface area contributed by atoms with Crippen LogP contribution in [-0.2, 0) is 24.8 Å². The minimum atomic E-state index is -5.29. The van der Waals surface area contributed by atoms with Crippen molar-refractivity contribution in [1.82, 2.24) is 9.80 Å². The molecule has 3 amide bonds. The van der Waals surface area contributed by atoms with Gasteiger partial charge in [0, 0.05) is 38.3 Å². The highest BCUT2D eigenvalue weighted by molar-refractivity contribution is 7.81. The Morgan fingerprint density at radius 2 is 1.79 bits per heavy atom. The zero-order valence-corrected chi connectivity index (χ0v) is 20.5. The molecule has 1 unspecified atom stereocenters. The molecule has 1 aromatic rings. The number of halogens is 1. The third-order valence-corrected chi connectivity index (χ3v) is 6.16. The Morgan fingerprint density at radius 1 is 1.15 bits per heavy atom. The summed E-state index contributed by atoms with van der Waals surface area (Å²) in [6.07, 6.45) is 1.06. The van der Waals surface area contributed by atoms with Crippen molar-refractivity contribution in [3.05, 3.63) is 23.8 Å². The summed E-state index contributed by atoms with van der Waals surface area (Å²) < 4.78 is 46.0. The maximum atomic E-state index is 13.5. The molecule has 2 aliphatic rings. The molecule has 2 heterocycles. The van der Waals surface area contributed by atoms with E-state index in [9.17, 15) is 26.7 Å². The number of nitrogens with zero attached hydrogens (tertiary/aromatic N) is 2. The molecule has 1 atom stereocenters. The van der Waals surface area contributed by atoms with Crippen molar-refractivity contribution in [1.29, 1.82) is 0 Å². The molecule has 188 valence electrons. The van der Waals surface area contributed by atoms with Gasteiger partial charge in [0.25, 0.3) is 5.91 Å². The fourth-order valence-electron chi connectivity index (χ4n) is 4.09. The lowest BCUT2D eigenvalue weighted by Gasteiger charge is -2.34. The van der Waals surface area contributed by atoms with Crippen LogP contribution in [0, 0.1) is 0 Å². The van der Waals surface area contributed by atoms with Gasteiger partial charge < -0.3 is 19.1 Å². The molecule has 2 aliphatic heterocycles. The number of likely N-dealkylation sites (tertiary alicyclic amines) is 2. The predicted molar refractivity (Wildman–Crippen MR) is 121 cm³/mol. The molecule has 0 radical (unpaired) electrons. The number of rotatable bonds is 5. The Kier molecular flexibility index (Phi) is 7.39. The van der Waals surface area contributed by atoms with Crippen LogP contribution in [-0.4, -0.2) is 67.9 Å². The van der Waals surface area contributed by atoms with Gasteiger partial charge in [-0.15, -0.1) is 0 Å². The summed E-state index contributed by atoms with van der Waals surface area (Å²) in [6, 6.07) is 3.92. The fourth-order valence-corrected chi connectivity index (χ4v) is 4.45. The maximum absolute atomic E-state index is 13.5. The standard InChI is InChI=1S/C22H30FN3O7S/c1-22(2,3)32-21(29)26-11-9-14(10-12-26)16-6-5-15(13-18(16)33-34(23,30)31)24-17-7-8-19(27)25(4)20(17)28/h5-6,13-14,17,24H,7-12H2,1-4H3. The van der Waals surface area contributed by atoms with Gasteiger partial charge in [-0.1, -0.05) is 9.95 Å². The number of carbonyl (C=O) groups excluding carboxylic acids is 3. The summed E-state index contributed by atoms with van der Waals surface area (Å²) >= 11 is 0. The first-order valence-electron chi connectivity index (χ1n) is 11.1. The number of amides is 3. The first-order valence-corrected chi connectivity index (χ1v) is 12.4. The Hall–Kier alpha value is -2.89. The molecule has 12 heteroatoms. The Balaban J connectivity index is 1.76. The highest BCUT2D eigenvalue weighted by Crippen LogP contribution is 2.37. The van der Waals surface area contributed by atoms with Crippen LogP contribution in [0.5, 0.6) is 5.75 Å². The molecule has 2 saturated heterocycles. The molecule has 10 nitrogen and oxygen atoms in total. The van der Waals surface area contributed by atoms with Gasteiger partial charge in [-0.3, -0.25) is 14.5 Å². The number of hydrogen-bond donors (Lipinski definition) is 1. The summed E-state index contributed by atoms with van der Waals surface area (Å²) in [5.74, 6) is -1.04. The van der Waals surface area contributed by atoms with Crippen molar-refractivity contribution in [2.24, 2.45) is 0 Å². The minimum Gasteiger partial charge on any atom is -0.444 e. The number of anilines is 1. The van der Waals surface area contributed by atoms with Crippen molar-refractivity contribution in [3.63, 3.8) is 0 Å². The highest BCUT2D eigenvalue weighted by atomic mass is 32.3. The van der Waals surface area contributed by atoms with Crippen molar-refractivity contribution >= 4 is 34.1 Å². The maximum Gasteiger partial charge on any atom is 0.488 e. The average molecular weight is 500 g/mol. The molecule has 2 fully saturated rings. The fraction of sp³-hybridized carbons (Fsp3) is 0.591. The number of benzene rings is 1. The summed E-state index contributed by atoms with van der Waals surface area (Å²) in [5, 5.41) is 2.97. The van der Waals surface area contributed by atoms with E-state index in [1.165, 1.54) is 13.1 Å². The molecular formula is C22H30FN3O7S. The molecule has 0 aliphatic carbocycles. The van der Waals surface area contributed by atoms with Gasteiger partial charge in [-0.05, 0) is 57.6 Å². The smallest absolute Gasteiger partial charge is 0.444 e. The first-order chi connectivity index (χ1) is 15.7. The van der Waals surface area contributed by atoms with Gasteiger partial charge >= 0.3 is 16.6 Å². The zero-order valence-electron chi connectivity index (χ0n) is 19.7. The quantitative estimate of drug-likeness (QED) is 0.485. The van der Waals surface area contributed by atoms with E-state index in [0.717, 1.165) is 4.90 Å². The Morgan fingerprint density at radius 3 is 2.38 bits per heavy atom. The van der Waals surface area contributed by atoms with E-state index >= 15 is 0 Å². The lowest BCUT2D eigenvalue weighted by Crippen LogP contribution is -2.48. The average Bonchev–Trinajstić information content (AvgIpc) is 2.72. The summed E-state index contributed by atoms with van der Waals surface area (Å²) in [4.78, 5) is 39.0. The second-order valence-electron chi connectivity index (χ2n) is 9.50. The first kappa shape index (κ1) is 25.7. The monoisotopic (exact) mass is 499 g/mol. The van der Waals surface area contributed by atoms with E-state index in [0.29, 0.717) is 37.2 Å². The van der Waals surface area contributed by atoms with Crippen molar-refractivity contribution < 1.29 is 35.6 Å². The molecule has 0 aromatic heterocycles. The van der Waals surface area contributed by atoms with Crippen LogP contribution in [0.3, 0.4) is 0 Å². The normalized spacial score (nSPS) is 20.3. The number of imide groups is 1. The molecule has 0 spiro atoms. The van der Waals surface area contributed by atoms with Gasteiger partial charge in [-0.25, -0.2) is 4.79 Å². The zero-order chi connectivity index (χ0) is 25.3. The van der Waals surface area contributed by atoms with Crippen LogP contribution in [0.15, 0.2) is 18.2 Å². The molecule has 1 aromatic carbocycles. The third kappa shape index (κ3) is 6.58. The molecule has 3 rings (SSSR count). The van der Waals surface area contributed by atoms with E-state index in [4.69, 9.17) is 4.74 Å². The van der Waals surface area contributed by atoms with E-state index < -0.39 is 34.1 Å². The van der Waals surface area contributed by atoms with Crippen LogP contribution in [0.4, 0.5) is 14.4 Å². The molecular weight excluding hydrogens is 469 g/mol. The van der Waals surface area contributed by atoms with Gasteiger partial charge in [0.2, 0.25) is 5.91 Å². The van der Waals surface area contributed by atoms with E-state index in [1.54, 1.807) is 37.8 Å². The van der Waals surface area contributed by atoms with E-state index in [-0.39, 0.29) is 30.4 Å². The third-order valence-electron chi connectivity index (χ3n) is 5.78. The molecule has 0 bridgehead atoms. The van der Waals surface area contributed by atoms with E-state index in [2.05, 4.69) is 9.50 Å². The number of ether oxygens (including phenoxy) is 1. The number of hydrogen-bond acceptors (Lipinski definition) is 8. The lowest BCUT2D eigenvalue weighted by atomic mass is 9.88. The molecule has 1 N–H and O–H groups in total. The van der Waals surface area contributed by atoms with E-state index in [1.807, 2.05) is 0 Å². The van der Waals surface area contributed by atoms with Crippen molar-refractivity contribution in [2.75, 3.05) is 25.5 Å². The second kappa shape index (κ2) is 9.77. The van der Waals surface area contributed by atoms with Crippen LogP contribution >= 0.6 is 0 Å². The van der Waals surface area contributed by atoms with Crippen LogP contribution in [0.2, 0.25) is 0 Å². The highest BCUT2D eigenvalue weighted by Gasteiger charge is 2.33. The topological polar surface area (TPSA) is 122 Å². The van der Waals surface area contributed by atoms with Gasteiger partial charge in [-0.2, -0.15) is 8.42 Å². The van der Waals surface area contributed by atoms with Gasteiger partial charge in [0.05, 0.1) is 0 Å². The Bertz CT molecular complexity index is 1060. The number of carbonyl (C=O) groups is 3. The second-order valence-corrected chi connectivity index (χ2v) is 10.5. The number of nitrogens with one attached hydrogen (secondary N) is 1. The molecule has 0 saturated carbocycles. The van der Waals surface area contributed by atoms with Crippen molar-refractivity contribution in [2.45, 2.75) is 64.0 Å². The Labute approximate surface area is 198 Å². The largest absolute Gasteiger partial charge is 0.488 e. The summed E-state index contributed by atoms with van der Waals surface area (Å²) in [7, 11) is -3.89. The SMILES string of the molecule is CN1C(=O)CCC(Nc2ccc(C3CCN(C(=O)OC(C)(C)C)CC3)c(OS(=O)(=O)F)c2)C1=O. The van der Waals surface area contributed by atoms with Crippen molar-refractivity contribution in [3.8, 4) is 5.75 Å². The number of piperidine rings is 2. The van der Waals surface area contributed by atoms with Gasteiger partial charge in [0.15, 0.2) is 5.75 Å². The predicted octanol–water partition coefficient (Wildman–Crippen LogP) is 2.95. The van der Waals surface area contributed by atoms with Crippen LogP contribution in [0.25, 0.3) is 0 Å². The lowest BCUT2D eigenvalue weighted by molar-refractivity contribution is -0.146. The van der Waals surface area contributed by atoms with Crippen LogP contribution in [0.1, 0.15) is 57.9 Å². The summed E-state index contributed by atoms with van der Waals surface area (Å²) in [5.41, 5.74) is 0.224. The number of likely N-dealkylation sites (N-methyl/N-ethyl adjacent to an activating group) is 1. The summed E-state index contributed by atoms with van der Waals surface area (Å²) in [6.45, 7) is 6.12.